The number of halogens is 1. The molecule has 1 amide bonds. The van der Waals surface area contributed by atoms with Crippen LogP contribution in [-0.2, 0) is 20.9 Å². The van der Waals surface area contributed by atoms with E-state index in [4.69, 9.17) is 9.73 Å². The SMILES string of the molecule is CCC1=C(C(=O)OC)C(c2cccs2)N2C(CC(=O)NCc3ccc(F)cc3)=CSC2=N1. The van der Waals surface area contributed by atoms with Gasteiger partial charge in [0.1, 0.15) is 11.9 Å². The number of benzene rings is 1. The van der Waals surface area contributed by atoms with Gasteiger partial charge in [-0.15, -0.1) is 11.3 Å². The molecule has 2 aliphatic rings. The third kappa shape index (κ3) is 4.49. The van der Waals surface area contributed by atoms with E-state index in [1.807, 2.05) is 34.7 Å². The van der Waals surface area contributed by atoms with E-state index in [1.54, 1.807) is 23.5 Å². The summed E-state index contributed by atoms with van der Waals surface area (Å²) in [5, 5.41) is 7.49. The molecule has 1 unspecified atom stereocenters. The molecule has 2 aliphatic heterocycles. The molecule has 166 valence electrons. The van der Waals surface area contributed by atoms with Gasteiger partial charge in [0.05, 0.1) is 24.8 Å². The molecule has 0 spiro atoms. The van der Waals surface area contributed by atoms with Crippen molar-refractivity contribution in [2.45, 2.75) is 32.4 Å². The molecule has 0 fully saturated rings. The molecule has 32 heavy (non-hydrogen) atoms. The van der Waals surface area contributed by atoms with Crippen LogP contribution >= 0.6 is 23.1 Å². The second kappa shape index (κ2) is 9.70. The maximum absolute atomic E-state index is 13.1. The molecule has 0 bridgehead atoms. The number of allylic oxidation sites excluding steroid dienone is 1. The number of carbonyl (C=O) groups is 2. The summed E-state index contributed by atoms with van der Waals surface area (Å²) in [7, 11) is 1.37. The summed E-state index contributed by atoms with van der Waals surface area (Å²) in [4.78, 5) is 33.1. The number of methoxy groups -OCH3 is 1. The first-order valence-electron chi connectivity index (χ1n) is 10.1. The van der Waals surface area contributed by atoms with E-state index in [0.717, 1.165) is 21.3 Å². The number of thiophene rings is 1. The van der Waals surface area contributed by atoms with Crippen LogP contribution < -0.4 is 5.32 Å². The predicted molar refractivity (Wildman–Crippen MR) is 124 cm³/mol. The molecule has 3 heterocycles. The fourth-order valence-corrected chi connectivity index (χ4v) is 5.42. The first-order valence-corrected chi connectivity index (χ1v) is 11.9. The van der Waals surface area contributed by atoms with Crippen molar-refractivity contribution >= 4 is 40.1 Å². The summed E-state index contributed by atoms with van der Waals surface area (Å²) < 4.78 is 18.2. The minimum absolute atomic E-state index is 0.130. The monoisotopic (exact) mass is 471 g/mol. The Morgan fingerprint density at radius 2 is 2.03 bits per heavy atom. The molecule has 1 aromatic carbocycles. The van der Waals surface area contributed by atoms with E-state index >= 15 is 0 Å². The summed E-state index contributed by atoms with van der Waals surface area (Å²) in [6.07, 6.45) is 0.725. The van der Waals surface area contributed by atoms with Gasteiger partial charge in [-0.25, -0.2) is 14.2 Å². The predicted octanol–water partition coefficient (Wildman–Crippen LogP) is 4.73. The Hall–Kier alpha value is -2.91. The molecule has 2 aromatic rings. The van der Waals surface area contributed by atoms with Crippen molar-refractivity contribution in [3.63, 3.8) is 0 Å². The highest BCUT2D eigenvalue weighted by atomic mass is 32.2. The number of fused-ring (bicyclic) bond motifs is 1. The van der Waals surface area contributed by atoms with Crippen molar-refractivity contribution < 1.29 is 18.7 Å². The molecule has 4 rings (SSSR count). The van der Waals surface area contributed by atoms with Gasteiger partial charge in [0, 0.05) is 17.1 Å². The first-order chi connectivity index (χ1) is 15.5. The minimum Gasteiger partial charge on any atom is -0.466 e. The molecule has 0 radical (unpaired) electrons. The van der Waals surface area contributed by atoms with Crippen LogP contribution in [0.4, 0.5) is 4.39 Å². The lowest BCUT2D eigenvalue weighted by Gasteiger charge is -2.35. The molecule has 0 saturated carbocycles. The Kier molecular flexibility index (Phi) is 6.76. The van der Waals surface area contributed by atoms with Crippen molar-refractivity contribution in [2.24, 2.45) is 4.99 Å². The number of nitrogens with one attached hydrogen (secondary N) is 1. The van der Waals surface area contributed by atoms with Crippen LogP contribution in [0.1, 0.15) is 36.2 Å². The minimum atomic E-state index is -0.417. The average Bonchev–Trinajstić information content (AvgIpc) is 3.47. The second-order valence-electron chi connectivity index (χ2n) is 7.19. The highest BCUT2D eigenvalue weighted by molar-refractivity contribution is 8.16. The molecule has 6 nitrogen and oxygen atoms in total. The van der Waals surface area contributed by atoms with E-state index in [9.17, 15) is 14.0 Å². The molecular weight excluding hydrogens is 449 g/mol. The van der Waals surface area contributed by atoms with Gasteiger partial charge in [-0.05, 0) is 41.0 Å². The van der Waals surface area contributed by atoms with Crippen LogP contribution in [0.5, 0.6) is 0 Å². The number of hydrogen-bond donors (Lipinski definition) is 1. The van der Waals surface area contributed by atoms with E-state index in [-0.39, 0.29) is 18.1 Å². The third-order valence-corrected chi connectivity index (χ3v) is 7.00. The zero-order valence-corrected chi connectivity index (χ0v) is 19.3. The van der Waals surface area contributed by atoms with Crippen LogP contribution in [0.3, 0.4) is 0 Å². The maximum atomic E-state index is 13.1. The summed E-state index contributed by atoms with van der Waals surface area (Å²) in [5.74, 6) is -0.900. The van der Waals surface area contributed by atoms with Gasteiger partial charge < -0.3 is 15.0 Å². The quantitative estimate of drug-likeness (QED) is 0.591. The van der Waals surface area contributed by atoms with E-state index in [2.05, 4.69) is 5.32 Å². The van der Waals surface area contributed by atoms with E-state index < -0.39 is 12.0 Å². The Labute approximate surface area is 193 Å². The van der Waals surface area contributed by atoms with Gasteiger partial charge in [-0.1, -0.05) is 36.9 Å². The molecule has 1 atom stereocenters. The van der Waals surface area contributed by atoms with Gasteiger partial charge in [-0.2, -0.15) is 0 Å². The standard InChI is InChI=1S/C23H22FN3O3S2/c1-3-17-20(22(29)30-2)21(18-5-4-10-31-18)27-16(13-32-23(27)26-17)11-19(28)25-12-14-6-8-15(24)9-7-14/h4-10,13,21H,3,11-12H2,1-2H3,(H,25,28). The smallest absolute Gasteiger partial charge is 0.338 e. The van der Waals surface area contributed by atoms with Gasteiger partial charge >= 0.3 is 5.97 Å². The number of nitrogens with zero attached hydrogens (tertiary/aromatic N) is 2. The van der Waals surface area contributed by atoms with Crippen molar-refractivity contribution in [1.82, 2.24) is 10.2 Å². The highest BCUT2D eigenvalue weighted by Crippen LogP contribution is 2.46. The molecule has 0 aliphatic carbocycles. The summed E-state index contributed by atoms with van der Waals surface area (Å²) in [5.41, 5.74) is 2.78. The number of amidine groups is 1. The van der Waals surface area contributed by atoms with Gasteiger partial charge in [0.2, 0.25) is 5.91 Å². The van der Waals surface area contributed by atoms with Crippen LogP contribution in [-0.4, -0.2) is 29.1 Å². The number of ether oxygens (including phenoxy) is 1. The summed E-state index contributed by atoms with van der Waals surface area (Å²) in [6, 6.07) is 9.54. The summed E-state index contributed by atoms with van der Waals surface area (Å²) >= 11 is 2.99. The van der Waals surface area contributed by atoms with Crippen LogP contribution in [0.25, 0.3) is 0 Å². The van der Waals surface area contributed by atoms with Crippen molar-refractivity contribution in [2.75, 3.05) is 7.11 Å². The second-order valence-corrected chi connectivity index (χ2v) is 9.01. The van der Waals surface area contributed by atoms with Gasteiger partial charge in [0.25, 0.3) is 0 Å². The number of rotatable bonds is 7. The normalized spacial score (nSPS) is 17.6. The number of carbonyl (C=O) groups excluding carboxylic acids is 2. The zero-order valence-electron chi connectivity index (χ0n) is 17.6. The first kappa shape index (κ1) is 22.3. The third-order valence-electron chi connectivity index (χ3n) is 5.19. The molecule has 0 saturated heterocycles. The number of esters is 1. The van der Waals surface area contributed by atoms with Crippen molar-refractivity contribution in [3.05, 3.63) is 80.4 Å². The average molecular weight is 472 g/mol. The maximum Gasteiger partial charge on any atom is 0.338 e. The van der Waals surface area contributed by atoms with Crippen LogP contribution in [0.15, 0.2) is 69.1 Å². The summed E-state index contributed by atoms with van der Waals surface area (Å²) in [6.45, 7) is 2.27. The Morgan fingerprint density at radius 1 is 1.25 bits per heavy atom. The molecule has 1 aromatic heterocycles. The number of aliphatic imine (C=N–C) groups is 1. The Bertz CT molecular complexity index is 1110. The lowest BCUT2D eigenvalue weighted by molar-refractivity contribution is -0.136. The molecule has 1 N–H and O–H groups in total. The van der Waals surface area contributed by atoms with E-state index in [0.29, 0.717) is 24.2 Å². The topological polar surface area (TPSA) is 71.0 Å². The number of thioether (sulfide) groups is 1. The lowest BCUT2D eigenvalue weighted by Crippen LogP contribution is -2.37. The Morgan fingerprint density at radius 3 is 2.69 bits per heavy atom. The molecule has 9 heteroatoms. The van der Waals surface area contributed by atoms with Crippen molar-refractivity contribution in [3.8, 4) is 0 Å². The van der Waals surface area contributed by atoms with Crippen LogP contribution in [0, 0.1) is 5.82 Å². The Balaban J connectivity index is 1.56. The largest absolute Gasteiger partial charge is 0.466 e. The number of amides is 1. The van der Waals surface area contributed by atoms with Gasteiger partial charge in [-0.3, -0.25) is 4.79 Å². The van der Waals surface area contributed by atoms with Gasteiger partial charge in [0.15, 0.2) is 5.17 Å². The number of hydrogen-bond acceptors (Lipinski definition) is 7. The van der Waals surface area contributed by atoms with Crippen LogP contribution in [0.2, 0.25) is 0 Å². The zero-order chi connectivity index (χ0) is 22.7. The van der Waals surface area contributed by atoms with Crippen molar-refractivity contribution in [1.29, 1.82) is 0 Å². The highest BCUT2D eigenvalue weighted by Gasteiger charge is 2.41. The van der Waals surface area contributed by atoms with E-state index in [1.165, 1.54) is 31.0 Å². The molecular formula is C23H22FN3O3S2. The fourth-order valence-electron chi connectivity index (χ4n) is 3.66. The fraction of sp³-hybridized carbons (Fsp3) is 0.261. The lowest BCUT2D eigenvalue weighted by atomic mass is 9.98.